The van der Waals surface area contributed by atoms with Gasteiger partial charge in [-0.3, -0.25) is 0 Å². The minimum atomic E-state index is -2.96. The van der Waals surface area contributed by atoms with Crippen molar-refractivity contribution < 1.29 is 123 Å². The van der Waals surface area contributed by atoms with E-state index in [4.69, 9.17) is 191 Å². The van der Waals surface area contributed by atoms with Crippen LogP contribution in [0.1, 0.15) is 162 Å². The van der Waals surface area contributed by atoms with Gasteiger partial charge in [0.05, 0.1) is 38.3 Å². The summed E-state index contributed by atoms with van der Waals surface area (Å²) in [5.74, 6) is -5.72. The van der Waals surface area contributed by atoms with Crippen molar-refractivity contribution >= 4 is 166 Å². The van der Waals surface area contributed by atoms with E-state index in [1.54, 1.807) is 25.3 Å². The first kappa shape index (κ1) is 41.1. The molecule has 0 heterocycles. The standard InChI is InChI=1S/2C9H9NO.2C8H9BrO.C8H10O2.2C8H10O.2C7H8O.2CCl4.2BHNS/c2*1-6-3-8(5-10)4-7(2)9(6)11;2*1-5-3-7(9)4-6(2)8(5)10;1-9-7-10-8-5-3-2-4-6-8;2*1-6-4-3-5-7(2)8(6)9;2*1-6-4-2-3-5-7(6)8;2*2-1(3,4)5;2*1-2-3/h2*3-4,11H,1-2H3;2*3-4,10H,1-2H3;2-6H,7H2,1H3;2*3-5,9H,1-2H3;2*2-5,8H,1H3;;;2*3H/i1D3,2D3,3D,4D;1D3,2D3;1D3,2D3,3D,4D;1D3,2D3;;1D3,2D3,3D,4D,5D;1D3,2D3;1D3,2D,3D,4D,5D;1D3;;;;. The summed E-state index contributed by atoms with van der Waals surface area (Å²) >= 11 is 50.8. The van der Waals surface area contributed by atoms with E-state index in [9.17, 15) is 35.7 Å². The molecule has 0 aliphatic carbocycles. The van der Waals surface area contributed by atoms with Crippen LogP contribution in [0.3, 0.4) is 0 Å². The maximum absolute atomic E-state index is 9.77. The number of rotatable bonds is 3. The van der Waals surface area contributed by atoms with Gasteiger partial charge in [-0.2, -0.15) is 10.5 Å². The van der Waals surface area contributed by atoms with Gasteiger partial charge in [-0.15, -0.1) is 0 Å². The van der Waals surface area contributed by atoms with Crippen molar-refractivity contribution in [2.24, 2.45) is 8.60 Å². The van der Waals surface area contributed by atoms with Crippen LogP contribution in [0.5, 0.6) is 51.7 Å². The predicted molar refractivity (Wildman–Crippen MR) is 442 cm³/mol. The third-order valence-corrected chi connectivity index (χ3v) is 9.74. The topological polar surface area (TPSA) is 253 Å². The Kier molecular flexibility index (Phi) is 23.0. The number of methoxy groups -OCH3 is 1. The van der Waals surface area contributed by atoms with Crippen molar-refractivity contribution in [3.63, 3.8) is 0 Å². The molecular weight excluding hydrogens is 1630 g/mol. The van der Waals surface area contributed by atoms with Gasteiger partial charge < -0.3 is 50.3 Å². The van der Waals surface area contributed by atoms with Gasteiger partial charge in [0, 0.05) is 73.6 Å². The van der Waals surface area contributed by atoms with Crippen molar-refractivity contribution in [1.82, 2.24) is 0 Å². The number of thiol groups is 2. The summed E-state index contributed by atoms with van der Waals surface area (Å²) in [4.78, 5) is 0. The van der Waals surface area contributed by atoms with Crippen LogP contribution in [0.25, 0.3) is 0 Å². The molecule has 0 unspecified atom stereocenters. The molecule has 9 rings (SSSR count). The summed E-state index contributed by atoms with van der Waals surface area (Å²) in [7, 11) is 10.3. The molecule has 0 saturated carbocycles. The summed E-state index contributed by atoms with van der Waals surface area (Å²) in [5, 5.41) is 94.1. The predicted octanol–water partition coefficient (Wildman–Crippen LogP) is 23.9. The maximum atomic E-state index is 9.77. The number of phenolic OH excluding ortho intramolecular Hbond substituents is 8. The number of alkyl halides is 8. The third-order valence-electron chi connectivity index (χ3n) is 8.89. The van der Waals surface area contributed by atoms with Gasteiger partial charge in [-0.1, -0.05) is 216 Å². The Hall–Kier alpha value is -6.17. The molecule has 0 bridgehead atoms. The molecule has 8 N–H and O–H groups in total. The molecule has 14 nitrogen and oxygen atoms in total. The second kappa shape index (κ2) is 57.2. The van der Waals surface area contributed by atoms with Crippen LogP contribution in [0.15, 0.2) is 181 Å². The summed E-state index contributed by atoms with van der Waals surface area (Å²) in [5.41, 5.74) is -9.20. The summed E-state index contributed by atoms with van der Waals surface area (Å²) in [6, 6.07) is 18.4. The van der Waals surface area contributed by atoms with Crippen LogP contribution < -0.4 is 4.74 Å². The van der Waals surface area contributed by atoms with Gasteiger partial charge in [0.1, 0.15) is 51.7 Å². The SMILES string of the molecule is COCOc1ccccc1.ClC(Cl)(Cl)Cl.ClC(Cl)(Cl)Cl.[2H]C([2H])([2H])c1cc(Br)cc(C([2H])([2H])[2H])c1O.[2H]C([2H])([2H])c1cc(C#N)cc(C([2H])([2H])[2H])c1O.[2H]C([2H])([2H])c1cccc(C([2H])([2H])[2H])c1O.[2H]C([2H])([2H])c1ccccc1O.[2H]c1c(Br)c([2H])c(C([2H])([2H])[2H])c(O)c1C([2H])([2H])[2H].[2H]c1c(C#N)c([2H])c(C([2H])([2H])[2H])c(O)c1C([2H])([2H])[2H].[2H]c1c([2H])c(C([2H])([2H])[2H])c(O)c(C([2H])([2H])[2H])c1[2H].[2H]c1c([2H])c([2H])c(C([2H])([2H])[2H])c(O)c1[2H].[B]=NS.[B]=NS. The molecule has 9 aromatic rings. The van der Waals surface area contributed by atoms with E-state index < -0.39 is 265 Å². The number of hydrogen-bond acceptors (Lipinski definition) is 16. The number of ether oxygens (including phenoxy) is 2. The second-order valence-corrected chi connectivity index (χ2v) is 25.3. The molecule has 0 aliphatic heterocycles. The van der Waals surface area contributed by atoms with Gasteiger partial charge in [0.25, 0.3) is 6.50 Å². The normalized spacial score (nSPS) is 18.7. The Morgan fingerprint density at radius 3 is 1.12 bits per heavy atom. The number of para-hydroxylation sites is 5. The number of aromatic hydroxyl groups is 8. The molecule has 0 saturated heterocycles. The van der Waals surface area contributed by atoms with Crippen LogP contribution >= 0.6 is 150 Å². The average molecular weight is 1770 g/mol. The van der Waals surface area contributed by atoms with Gasteiger partial charge in [-0.05, 0) is 246 Å². The Morgan fingerprint density at radius 2 is 0.745 bits per heavy atom. The fourth-order valence-corrected chi connectivity index (χ4v) is 5.59. The van der Waals surface area contributed by atoms with Crippen LogP contribution in [0.2, 0.25) is 0 Å². The van der Waals surface area contributed by atoms with Crippen LogP contribution in [0, 0.1) is 119 Å². The zero-order valence-electron chi connectivity index (χ0n) is 104. The number of halogens is 10. The number of benzene rings is 9. The molecule has 102 heavy (non-hydrogen) atoms. The molecule has 2 radical (unpaired) electrons. The quantitative estimate of drug-likeness (QED) is 0.0343. The molecule has 548 valence electrons. The van der Waals surface area contributed by atoms with Gasteiger partial charge in [0.2, 0.25) is 0 Å². The van der Waals surface area contributed by atoms with Gasteiger partial charge >= 0.3 is 49.5 Å². The average Bonchev–Trinajstić information content (AvgIpc) is 0.751. The first-order valence-electron chi connectivity index (χ1n) is 51.5. The fraction of sp³-hybridized carbons (Fsp3) is 0.243. The molecule has 0 aliphatic rings. The van der Waals surface area contributed by atoms with Crippen molar-refractivity contribution in [3.8, 4) is 63.9 Å². The number of nitrogens with zero attached hydrogens (tertiary/aromatic N) is 4. The molecule has 9 aromatic carbocycles. The van der Waals surface area contributed by atoms with E-state index in [-0.39, 0.29) is 43.6 Å². The summed E-state index contributed by atoms with van der Waals surface area (Å²) in [6.07, 6.45) is 0. The Morgan fingerprint density at radius 1 is 0.422 bits per heavy atom. The van der Waals surface area contributed by atoms with Crippen molar-refractivity contribution in [2.45, 2.75) is 102 Å². The molecule has 0 atom stereocenters. The van der Waals surface area contributed by atoms with E-state index in [0.717, 1.165) is 17.9 Å². The number of nitriles is 2. The Labute approximate surface area is 746 Å². The van der Waals surface area contributed by atoms with E-state index >= 15 is 0 Å². The molecular formula is C74H84B2Br2Cl8N4O10S2. The van der Waals surface area contributed by atoms with Crippen molar-refractivity contribution in [2.75, 3.05) is 13.9 Å². The summed E-state index contributed by atoms with van der Waals surface area (Å²) < 4.78 is 394. The number of aryl methyl sites for hydroxylation is 7. The first-order valence-corrected chi connectivity index (χ1v) is 30.4. The molecule has 28 heteroatoms. The Bertz CT molecular complexity index is 5910. The van der Waals surface area contributed by atoms with Crippen LogP contribution in [0.4, 0.5) is 0 Å². The number of phenols is 8. The van der Waals surface area contributed by atoms with Gasteiger partial charge in [-0.25, -0.2) is 0 Å². The van der Waals surface area contributed by atoms with Crippen molar-refractivity contribution in [3.05, 3.63) is 261 Å². The summed E-state index contributed by atoms with van der Waals surface area (Å²) in [6.45, 7) is -37.6. The van der Waals surface area contributed by atoms with E-state index in [0.29, 0.717) is 11.3 Å². The molecule has 0 aromatic heterocycles. The van der Waals surface area contributed by atoms with E-state index in [1.807, 2.05) is 30.3 Å². The zero-order valence-corrected chi connectivity index (χ0v) is 62.0. The first-order chi connectivity index (χ1) is 68.9. The third kappa shape index (κ3) is 52.7. The minimum absolute atomic E-state index is 0.000000000000000666. The molecule has 0 fully saturated rings. The van der Waals surface area contributed by atoms with Gasteiger partial charge in [0.15, 0.2) is 6.79 Å². The fourth-order valence-electron chi connectivity index (χ4n) is 4.74. The molecule has 0 amide bonds. The van der Waals surface area contributed by atoms with Crippen LogP contribution in [-0.2, 0) is 4.74 Å². The van der Waals surface area contributed by atoms with Crippen LogP contribution in [-0.4, -0.2) is 76.5 Å². The Balaban J connectivity index is -0.000000815. The van der Waals surface area contributed by atoms with Crippen molar-refractivity contribution in [1.29, 1.82) is 10.5 Å². The monoisotopic (exact) mass is 1770 g/mol. The van der Waals surface area contributed by atoms with E-state index in [2.05, 4.69) is 81.4 Å². The zero-order chi connectivity index (χ0) is 124. The number of hydrogen-bond donors (Lipinski definition) is 10. The molecule has 0 spiro atoms. The van der Waals surface area contributed by atoms with E-state index in [1.165, 1.54) is 48.5 Å². The second-order valence-electron chi connectivity index (χ2n) is 16.2.